The molecule has 6 rings (SSSR count). The Morgan fingerprint density at radius 2 is 1.56 bits per heavy atom. The molecule has 0 N–H and O–H groups in total. The first-order valence-corrected chi connectivity index (χ1v) is 14.0. The van der Waals surface area contributed by atoms with Crippen LogP contribution in [0.5, 0.6) is 11.5 Å². The number of benzene rings is 3. The van der Waals surface area contributed by atoms with Crippen molar-refractivity contribution in [1.82, 2.24) is 0 Å². The molecule has 32 heavy (non-hydrogen) atoms. The van der Waals surface area contributed by atoms with Crippen LogP contribution < -0.4 is 14.8 Å². The molecule has 2 aliphatic carbocycles. The summed E-state index contributed by atoms with van der Waals surface area (Å²) in [5, 5.41) is 4.03. The molecule has 3 heteroatoms. The van der Waals surface area contributed by atoms with Gasteiger partial charge in [0.15, 0.2) is 0 Å². The van der Waals surface area contributed by atoms with Gasteiger partial charge in [0, 0.05) is 11.2 Å². The summed E-state index contributed by atoms with van der Waals surface area (Å²) in [6.07, 6.45) is 12.5. The highest BCUT2D eigenvalue weighted by Crippen LogP contribution is 2.61. The van der Waals surface area contributed by atoms with Crippen LogP contribution >= 0.6 is 7.92 Å². The van der Waals surface area contributed by atoms with Crippen molar-refractivity contribution < 1.29 is 9.47 Å². The van der Waals surface area contributed by atoms with Crippen molar-refractivity contribution >= 4 is 24.0 Å². The van der Waals surface area contributed by atoms with Crippen molar-refractivity contribution in [2.24, 2.45) is 0 Å². The molecule has 3 aromatic carbocycles. The molecule has 2 saturated carbocycles. The Labute approximate surface area is 193 Å². The van der Waals surface area contributed by atoms with Gasteiger partial charge in [0.1, 0.15) is 17.6 Å². The van der Waals surface area contributed by atoms with Crippen molar-refractivity contribution in [2.45, 2.75) is 75.2 Å². The first kappa shape index (κ1) is 20.5. The molecule has 3 unspecified atom stereocenters. The van der Waals surface area contributed by atoms with Crippen LogP contribution in [-0.2, 0) is 0 Å². The summed E-state index contributed by atoms with van der Waals surface area (Å²) >= 11 is 0. The van der Waals surface area contributed by atoms with Crippen LogP contribution in [0.1, 0.15) is 57.8 Å². The lowest BCUT2D eigenvalue weighted by Crippen LogP contribution is -2.43. The van der Waals surface area contributed by atoms with Gasteiger partial charge in [-0.15, -0.1) is 0 Å². The number of hydrogen-bond donors (Lipinski definition) is 0. The number of fused-ring (bicyclic) bond motifs is 3. The average molecular weight is 445 g/mol. The summed E-state index contributed by atoms with van der Waals surface area (Å²) in [4.78, 5) is 0. The van der Waals surface area contributed by atoms with Crippen LogP contribution in [0, 0.1) is 0 Å². The second kappa shape index (κ2) is 8.71. The van der Waals surface area contributed by atoms with Crippen molar-refractivity contribution in [1.29, 1.82) is 0 Å². The van der Waals surface area contributed by atoms with Gasteiger partial charge in [-0.2, -0.15) is 0 Å². The van der Waals surface area contributed by atoms with E-state index in [0.717, 1.165) is 17.2 Å². The maximum absolute atomic E-state index is 6.97. The van der Waals surface area contributed by atoms with E-state index in [1.165, 1.54) is 85.0 Å². The average Bonchev–Trinajstić information content (AvgIpc) is 2.87. The predicted octanol–water partition coefficient (Wildman–Crippen LogP) is 7.66. The molecule has 0 radical (unpaired) electrons. The van der Waals surface area contributed by atoms with Gasteiger partial charge in [0.2, 0.25) is 0 Å². The maximum atomic E-state index is 6.97. The van der Waals surface area contributed by atoms with Crippen LogP contribution in [0.15, 0.2) is 54.6 Å². The SMILES string of the molecule is COc1ccc(-c2cccc3ccccc23)c2c1P(C1CCCCC1)C1CCCCC1O2. The Morgan fingerprint density at radius 1 is 0.781 bits per heavy atom. The summed E-state index contributed by atoms with van der Waals surface area (Å²) in [5.74, 6) is 2.20. The Balaban J connectivity index is 1.57. The van der Waals surface area contributed by atoms with E-state index < -0.39 is 0 Å². The molecule has 0 amide bonds. The number of methoxy groups -OCH3 is 1. The Kier molecular flexibility index (Phi) is 5.59. The zero-order valence-corrected chi connectivity index (χ0v) is 20.0. The van der Waals surface area contributed by atoms with Gasteiger partial charge in [-0.25, -0.2) is 0 Å². The molecule has 1 heterocycles. The summed E-state index contributed by atoms with van der Waals surface area (Å²) in [5.41, 5.74) is 4.06. The van der Waals surface area contributed by atoms with E-state index in [4.69, 9.17) is 9.47 Å². The highest BCUT2D eigenvalue weighted by Gasteiger charge is 2.45. The Hall–Kier alpha value is -2.05. The molecular formula is C29H33O2P. The highest BCUT2D eigenvalue weighted by molar-refractivity contribution is 7.67. The van der Waals surface area contributed by atoms with E-state index in [9.17, 15) is 0 Å². The van der Waals surface area contributed by atoms with E-state index in [1.807, 2.05) is 7.11 Å². The molecule has 0 bridgehead atoms. The van der Waals surface area contributed by atoms with Gasteiger partial charge >= 0.3 is 0 Å². The van der Waals surface area contributed by atoms with E-state index in [-0.39, 0.29) is 7.92 Å². The molecule has 1 aliphatic heterocycles. The number of rotatable bonds is 3. The summed E-state index contributed by atoms with van der Waals surface area (Å²) in [7, 11) is 1.55. The topological polar surface area (TPSA) is 18.5 Å². The fourth-order valence-corrected chi connectivity index (χ4v) is 10.4. The number of hydrogen-bond acceptors (Lipinski definition) is 2. The van der Waals surface area contributed by atoms with Crippen LogP contribution in [-0.4, -0.2) is 24.5 Å². The second-order valence-corrected chi connectivity index (χ2v) is 12.4. The second-order valence-electron chi connectivity index (χ2n) is 9.73. The fourth-order valence-electron chi connectivity index (χ4n) is 6.42. The predicted molar refractivity (Wildman–Crippen MR) is 136 cm³/mol. The van der Waals surface area contributed by atoms with E-state index in [0.29, 0.717) is 11.8 Å². The molecule has 166 valence electrons. The minimum Gasteiger partial charge on any atom is -0.496 e. The molecule has 0 saturated heterocycles. The van der Waals surface area contributed by atoms with Gasteiger partial charge in [0.25, 0.3) is 0 Å². The fraction of sp³-hybridized carbons (Fsp3) is 0.448. The molecule has 2 fully saturated rings. The standard InChI is InChI=1S/C29H33O2P/c1-30-26-19-18-24(23-15-9-11-20-10-5-6-14-22(20)23)28-29(26)32(21-12-3-2-4-13-21)27-17-8-7-16-25(27)31-28/h5-6,9-11,14-15,18-19,21,25,27H,2-4,7-8,12-13,16-17H2,1H3. The minimum absolute atomic E-state index is 0.290. The number of ether oxygens (including phenoxy) is 2. The van der Waals surface area contributed by atoms with Crippen molar-refractivity contribution in [3.8, 4) is 22.6 Å². The monoisotopic (exact) mass is 444 g/mol. The van der Waals surface area contributed by atoms with E-state index in [1.54, 1.807) is 0 Å². The Bertz CT molecular complexity index is 1110. The Morgan fingerprint density at radius 3 is 2.44 bits per heavy atom. The third-order valence-electron chi connectivity index (χ3n) is 7.91. The van der Waals surface area contributed by atoms with Crippen molar-refractivity contribution in [2.75, 3.05) is 7.11 Å². The van der Waals surface area contributed by atoms with Gasteiger partial charge in [0.05, 0.1) is 12.4 Å². The summed E-state index contributed by atoms with van der Waals surface area (Å²) in [6, 6.07) is 19.9. The van der Waals surface area contributed by atoms with Crippen LogP contribution in [0.4, 0.5) is 0 Å². The molecule has 0 aromatic heterocycles. The van der Waals surface area contributed by atoms with E-state index in [2.05, 4.69) is 54.6 Å². The quantitative estimate of drug-likeness (QED) is 0.386. The van der Waals surface area contributed by atoms with Crippen molar-refractivity contribution in [3.05, 3.63) is 54.6 Å². The van der Waals surface area contributed by atoms with Crippen molar-refractivity contribution in [3.63, 3.8) is 0 Å². The first-order valence-electron chi connectivity index (χ1n) is 12.5. The molecule has 0 spiro atoms. The van der Waals surface area contributed by atoms with Crippen LogP contribution in [0.3, 0.4) is 0 Å². The van der Waals surface area contributed by atoms with E-state index >= 15 is 0 Å². The largest absolute Gasteiger partial charge is 0.496 e. The molecule has 3 aromatic rings. The third kappa shape index (κ3) is 3.43. The first-order chi connectivity index (χ1) is 15.8. The van der Waals surface area contributed by atoms with Gasteiger partial charge in [-0.3, -0.25) is 0 Å². The van der Waals surface area contributed by atoms with Gasteiger partial charge < -0.3 is 9.47 Å². The van der Waals surface area contributed by atoms with Gasteiger partial charge in [-0.05, 0) is 66.2 Å². The summed E-state index contributed by atoms with van der Waals surface area (Å²) in [6.45, 7) is 0. The zero-order chi connectivity index (χ0) is 21.5. The van der Waals surface area contributed by atoms with Crippen LogP contribution in [0.25, 0.3) is 21.9 Å². The minimum atomic E-state index is -0.290. The third-order valence-corrected chi connectivity index (χ3v) is 11.5. The molecular weight excluding hydrogens is 411 g/mol. The summed E-state index contributed by atoms with van der Waals surface area (Å²) < 4.78 is 13.0. The highest BCUT2D eigenvalue weighted by atomic mass is 31.1. The lowest BCUT2D eigenvalue weighted by atomic mass is 9.95. The smallest absolute Gasteiger partial charge is 0.138 e. The maximum Gasteiger partial charge on any atom is 0.138 e. The lowest BCUT2D eigenvalue weighted by Gasteiger charge is -2.47. The van der Waals surface area contributed by atoms with Crippen LogP contribution in [0.2, 0.25) is 0 Å². The normalized spacial score (nSPS) is 25.6. The molecule has 3 atom stereocenters. The lowest BCUT2D eigenvalue weighted by molar-refractivity contribution is 0.156. The molecule has 3 aliphatic rings. The zero-order valence-electron chi connectivity index (χ0n) is 19.1. The van der Waals surface area contributed by atoms with Gasteiger partial charge in [-0.1, -0.05) is 76.1 Å². The molecule has 2 nitrogen and oxygen atoms in total.